The highest BCUT2D eigenvalue weighted by molar-refractivity contribution is 9.10. The van der Waals surface area contributed by atoms with Crippen LogP contribution in [0.1, 0.15) is 17.4 Å². The van der Waals surface area contributed by atoms with Crippen molar-refractivity contribution in [3.05, 3.63) is 22.3 Å². The first-order valence-corrected chi connectivity index (χ1v) is 6.52. The molecule has 0 saturated carbocycles. The fraction of sp³-hybridized carbons (Fsp3) is 0.250. The Morgan fingerprint density at radius 3 is 2.85 bits per heavy atom. The molecule has 7 nitrogen and oxygen atoms in total. The Hall–Kier alpha value is -2.09. The number of phenols is 1. The number of nitrogens with zero attached hydrogens (tertiary/aromatic N) is 2. The molecule has 2 N–H and O–H groups in total. The molecule has 0 atom stereocenters. The smallest absolute Gasteiger partial charge is 0.361 e. The molecule has 1 aromatic carbocycles. The molecule has 0 unspecified atom stereocenters. The molecular formula is C12H12BrN3O4. The number of aromatic amines is 1. The van der Waals surface area contributed by atoms with E-state index in [4.69, 9.17) is 9.47 Å². The van der Waals surface area contributed by atoms with Crippen LogP contribution in [0.4, 0.5) is 0 Å². The summed E-state index contributed by atoms with van der Waals surface area (Å²) < 4.78 is 10.6. The SMILES string of the molecule is CCOC(=O)c1n[nH]nc1-c1cc(OC)c(Br)cc1O. The molecule has 0 aliphatic rings. The molecule has 2 aromatic rings. The molecule has 0 radical (unpaired) electrons. The van der Waals surface area contributed by atoms with Gasteiger partial charge in [0.2, 0.25) is 0 Å². The van der Waals surface area contributed by atoms with Crippen LogP contribution in [-0.2, 0) is 4.74 Å². The zero-order valence-corrected chi connectivity index (χ0v) is 12.4. The lowest BCUT2D eigenvalue weighted by Gasteiger charge is -2.08. The Kier molecular flexibility index (Phi) is 4.23. The second-order valence-corrected chi connectivity index (χ2v) is 4.60. The molecule has 8 heteroatoms. The lowest BCUT2D eigenvalue weighted by atomic mass is 10.1. The predicted octanol–water partition coefficient (Wildman–Crippen LogP) is 2.13. The van der Waals surface area contributed by atoms with Gasteiger partial charge in [-0.05, 0) is 35.0 Å². The summed E-state index contributed by atoms with van der Waals surface area (Å²) >= 11 is 3.26. The topological polar surface area (TPSA) is 97.3 Å². The Bertz CT molecular complexity index is 642. The first-order chi connectivity index (χ1) is 9.58. The van der Waals surface area contributed by atoms with Crippen molar-refractivity contribution in [2.75, 3.05) is 13.7 Å². The van der Waals surface area contributed by atoms with Gasteiger partial charge >= 0.3 is 5.97 Å². The molecule has 0 bridgehead atoms. The Morgan fingerprint density at radius 2 is 2.20 bits per heavy atom. The summed E-state index contributed by atoms with van der Waals surface area (Å²) in [7, 11) is 1.50. The Labute approximate surface area is 123 Å². The van der Waals surface area contributed by atoms with Crippen molar-refractivity contribution in [3.63, 3.8) is 0 Å². The number of nitrogens with one attached hydrogen (secondary N) is 1. The van der Waals surface area contributed by atoms with E-state index in [0.29, 0.717) is 15.8 Å². The summed E-state index contributed by atoms with van der Waals surface area (Å²) in [5.74, 6) is -0.176. The van der Waals surface area contributed by atoms with E-state index in [9.17, 15) is 9.90 Å². The van der Waals surface area contributed by atoms with Crippen molar-refractivity contribution in [3.8, 4) is 22.8 Å². The minimum Gasteiger partial charge on any atom is -0.507 e. The van der Waals surface area contributed by atoms with Gasteiger partial charge in [-0.15, -0.1) is 5.10 Å². The number of H-pyrrole nitrogens is 1. The summed E-state index contributed by atoms with van der Waals surface area (Å²) in [6, 6.07) is 3.01. The van der Waals surface area contributed by atoms with Crippen molar-refractivity contribution >= 4 is 21.9 Å². The number of esters is 1. The fourth-order valence-corrected chi connectivity index (χ4v) is 2.14. The maximum Gasteiger partial charge on any atom is 0.361 e. The zero-order valence-electron chi connectivity index (χ0n) is 10.8. The second kappa shape index (κ2) is 5.91. The molecule has 106 valence electrons. The van der Waals surface area contributed by atoms with E-state index in [2.05, 4.69) is 31.3 Å². The van der Waals surface area contributed by atoms with Crippen LogP contribution in [0, 0.1) is 0 Å². The van der Waals surface area contributed by atoms with Crippen molar-refractivity contribution in [2.24, 2.45) is 0 Å². The number of phenolic OH excluding ortho intramolecular Hbond substituents is 1. The average molecular weight is 342 g/mol. The molecule has 0 saturated heterocycles. The minimum absolute atomic E-state index is 0.00604. The number of carbonyl (C=O) groups is 1. The summed E-state index contributed by atoms with van der Waals surface area (Å²) in [6.45, 7) is 1.92. The van der Waals surface area contributed by atoms with Gasteiger partial charge in [0.1, 0.15) is 17.2 Å². The van der Waals surface area contributed by atoms with Crippen LogP contribution in [0.25, 0.3) is 11.3 Å². The van der Waals surface area contributed by atoms with Crippen molar-refractivity contribution in [1.82, 2.24) is 15.4 Å². The third kappa shape index (κ3) is 2.60. The zero-order chi connectivity index (χ0) is 14.7. The molecule has 0 spiro atoms. The number of benzene rings is 1. The maximum atomic E-state index is 11.8. The third-order valence-corrected chi connectivity index (χ3v) is 3.16. The van der Waals surface area contributed by atoms with Gasteiger partial charge in [-0.25, -0.2) is 4.79 Å². The highest BCUT2D eigenvalue weighted by Crippen LogP contribution is 2.38. The summed E-state index contributed by atoms with van der Waals surface area (Å²) in [5.41, 5.74) is 0.528. The van der Waals surface area contributed by atoms with Crippen LogP contribution in [0.15, 0.2) is 16.6 Å². The van der Waals surface area contributed by atoms with Gasteiger partial charge in [-0.3, -0.25) is 0 Å². The van der Waals surface area contributed by atoms with E-state index in [1.54, 1.807) is 13.0 Å². The molecule has 2 rings (SSSR count). The quantitative estimate of drug-likeness (QED) is 0.826. The number of methoxy groups -OCH3 is 1. The lowest BCUT2D eigenvalue weighted by Crippen LogP contribution is -2.06. The first-order valence-electron chi connectivity index (χ1n) is 5.73. The van der Waals surface area contributed by atoms with E-state index in [0.717, 1.165) is 0 Å². The van der Waals surface area contributed by atoms with Crippen LogP contribution in [0.3, 0.4) is 0 Å². The number of hydrogen-bond acceptors (Lipinski definition) is 6. The number of aromatic hydroxyl groups is 1. The minimum atomic E-state index is -0.613. The predicted molar refractivity (Wildman–Crippen MR) is 73.7 cm³/mol. The normalized spacial score (nSPS) is 10.3. The summed E-state index contributed by atoms with van der Waals surface area (Å²) in [4.78, 5) is 11.8. The monoisotopic (exact) mass is 341 g/mol. The molecular weight excluding hydrogens is 330 g/mol. The molecule has 1 aromatic heterocycles. The van der Waals surface area contributed by atoms with Crippen LogP contribution in [-0.4, -0.2) is 40.2 Å². The van der Waals surface area contributed by atoms with Gasteiger partial charge in [-0.2, -0.15) is 10.3 Å². The van der Waals surface area contributed by atoms with E-state index in [1.165, 1.54) is 13.2 Å². The van der Waals surface area contributed by atoms with Gasteiger partial charge in [0, 0.05) is 0 Å². The van der Waals surface area contributed by atoms with Crippen molar-refractivity contribution < 1.29 is 19.4 Å². The van der Waals surface area contributed by atoms with E-state index < -0.39 is 5.97 Å². The van der Waals surface area contributed by atoms with Crippen LogP contribution < -0.4 is 4.74 Å². The van der Waals surface area contributed by atoms with E-state index >= 15 is 0 Å². The Balaban J connectivity index is 2.52. The van der Waals surface area contributed by atoms with Crippen molar-refractivity contribution in [2.45, 2.75) is 6.92 Å². The number of rotatable bonds is 4. The molecule has 1 heterocycles. The van der Waals surface area contributed by atoms with Crippen LogP contribution in [0.5, 0.6) is 11.5 Å². The molecule has 0 fully saturated rings. The summed E-state index contributed by atoms with van der Waals surface area (Å²) in [5, 5.41) is 20.0. The molecule has 20 heavy (non-hydrogen) atoms. The number of carbonyl (C=O) groups excluding carboxylic acids is 1. The van der Waals surface area contributed by atoms with Gasteiger partial charge in [-0.1, -0.05) is 0 Å². The Morgan fingerprint density at radius 1 is 1.45 bits per heavy atom. The lowest BCUT2D eigenvalue weighted by molar-refractivity contribution is 0.0520. The average Bonchev–Trinajstić information content (AvgIpc) is 2.88. The van der Waals surface area contributed by atoms with E-state index in [1.807, 2.05) is 0 Å². The van der Waals surface area contributed by atoms with Crippen LogP contribution in [0.2, 0.25) is 0 Å². The second-order valence-electron chi connectivity index (χ2n) is 3.75. The van der Waals surface area contributed by atoms with Gasteiger partial charge in [0.05, 0.1) is 23.8 Å². The highest BCUT2D eigenvalue weighted by atomic mass is 79.9. The first kappa shape index (κ1) is 14.3. The van der Waals surface area contributed by atoms with Crippen molar-refractivity contribution in [1.29, 1.82) is 0 Å². The van der Waals surface area contributed by atoms with Gasteiger partial charge in [0.25, 0.3) is 0 Å². The standard InChI is InChI=1S/C12H12BrN3O4/c1-3-20-12(18)11-10(14-16-15-11)6-4-9(19-2)7(13)5-8(6)17/h4-5,17H,3H2,1-2H3,(H,14,15,16). The molecule has 0 amide bonds. The van der Waals surface area contributed by atoms with E-state index in [-0.39, 0.29) is 23.7 Å². The fourth-order valence-electron chi connectivity index (χ4n) is 1.65. The number of halogens is 1. The van der Waals surface area contributed by atoms with Gasteiger partial charge < -0.3 is 14.6 Å². The number of aromatic nitrogens is 3. The largest absolute Gasteiger partial charge is 0.507 e. The number of hydrogen-bond donors (Lipinski definition) is 2. The molecule has 0 aliphatic heterocycles. The van der Waals surface area contributed by atoms with Gasteiger partial charge in [0.15, 0.2) is 5.69 Å². The molecule has 0 aliphatic carbocycles. The third-order valence-electron chi connectivity index (χ3n) is 2.54. The number of ether oxygens (including phenoxy) is 2. The summed E-state index contributed by atoms with van der Waals surface area (Å²) in [6.07, 6.45) is 0. The maximum absolute atomic E-state index is 11.8. The highest BCUT2D eigenvalue weighted by Gasteiger charge is 2.22. The van der Waals surface area contributed by atoms with Crippen LogP contribution >= 0.6 is 15.9 Å².